The van der Waals surface area contributed by atoms with E-state index in [4.69, 9.17) is 25.0 Å². The summed E-state index contributed by atoms with van der Waals surface area (Å²) in [5.41, 5.74) is 6.52. The van der Waals surface area contributed by atoms with Gasteiger partial charge >= 0.3 is 6.01 Å². The van der Waals surface area contributed by atoms with Crippen molar-refractivity contribution >= 4 is 22.3 Å². The predicted octanol–water partition coefficient (Wildman–Crippen LogP) is 3.24. The van der Waals surface area contributed by atoms with Crippen molar-refractivity contribution < 1.29 is 18.8 Å². The highest BCUT2D eigenvalue weighted by Crippen LogP contribution is 2.49. The Morgan fingerprint density at radius 2 is 2.07 bits per heavy atom. The minimum Gasteiger partial charge on any atom is -0.461 e. The Morgan fingerprint density at radius 3 is 2.93 bits per heavy atom. The molecule has 1 unspecified atom stereocenters. The minimum absolute atomic E-state index is 0.118. The van der Waals surface area contributed by atoms with Crippen molar-refractivity contribution in [2.75, 3.05) is 43.4 Å². The number of fused-ring (bicyclic) bond motifs is 3. The van der Waals surface area contributed by atoms with E-state index in [1.54, 1.807) is 0 Å². The van der Waals surface area contributed by atoms with Gasteiger partial charge in [-0.1, -0.05) is 5.16 Å². The highest BCUT2D eigenvalue weighted by Gasteiger charge is 2.50. The summed E-state index contributed by atoms with van der Waals surface area (Å²) < 4.78 is 26.5. The number of halogens is 1. The van der Waals surface area contributed by atoms with E-state index in [1.165, 1.54) is 11.3 Å². The second-order valence-corrected chi connectivity index (χ2v) is 14.6. The summed E-state index contributed by atoms with van der Waals surface area (Å²) >= 11 is 1.45. The number of nitrogens with two attached hydrogens (primary N) is 1. The number of nitrogen functional groups attached to an aromatic ring is 1. The number of nitriles is 1. The van der Waals surface area contributed by atoms with Crippen LogP contribution < -0.4 is 15.4 Å². The summed E-state index contributed by atoms with van der Waals surface area (Å²) in [6.07, 6.45) is 5.48. The minimum atomic E-state index is -0.868. The van der Waals surface area contributed by atoms with Crippen molar-refractivity contribution in [1.29, 1.82) is 5.26 Å². The number of rotatable bonds is 6. The largest absolute Gasteiger partial charge is 0.461 e. The first-order valence-corrected chi connectivity index (χ1v) is 16.5. The van der Waals surface area contributed by atoms with E-state index in [0.717, 1.165) is 61.9 Å². The van der Waals surface area contributed by atoms with Gasteiger partial charge in [0.2, 0.25) is 23.5 Å². The van der Waals surface area contributed by atoms with Crippen molar-refractivity contribution in [2.45, 2.75) is 81.5 Å². The second kappa shape index (κ2) is 10.3. The number of nitrogens with zero attached hydrogens (tertiary/aromatic N) is 8. The Balaban J connectivity index is 1.14. The first-order chi connectivity index (χ1) is 21.3. The number of aliphatic hydroxyl groups excluding tert-OH is 1. The van der Waals surface area contributed by atoms with Gasteiger partial charge in [0.1, 0.15) is 23.8 Å². The van der Waals surface area contributed by atoms with Crippen LogP contribution in [-0.2, 0) is 11.8 Å². The van der Waals surface area contributed by atoms with Gasteiger partial charge in [0, 0.05) is 36.5 Å². The summed E-state index contributed by atoms with van der Waals surface area (Å²) in [6, 6.07) is 2.40. The Kier molecular flexibility index (Phi) is 6.59. The van der Waals surface area contributed by atoms with Crippen LogP contribution in [0.5, 0.6) is 6.01 Å². The second-order valence-electron chi connectivity index (χ2n) is 13.4. The number of β-amino-alcohol motifs (C(OH)–C–C–N with tert-alkyl or cyclic N) is 1. The molecule has 6 heterocycles. The molecule has 3 N–H and O–H groups in total. The fourth-order valence-electron chi connectivity index (χ4n) is 8.18. The average Bonchev–Trinajstić information content (AvgIpc) is 3.26. The van der Waals surface area contributed by atoms with Gasteiger partial charge in [-0.05, 0) is 70.3 Å². The fraction of sp³-hybridized carbons (Fsp3) is 0.667. The number of aromatic nitrogens is 5. The van der Waals surface area contributed by atoms with Gasteiger partial charge < -0.3 is 25.0 Å². The Morgan fingerprint density at radius 1 is 1.18 bits per heavy atom. The van der Waals surface area contributed by atoms with E-state index in [0.29, 0.717) is 60.3 Å². The maximum atomic E-state index is 14.4. The van der Waals surface area contributed by atoms with E-state index in [2.05, 4.69) is 26.1 Å². The van der Waals surface area contributed by atoms with E-state index in [9.17, 15) is 14.8 Å². The third-order valence-corrected chi connectivity index (χ3v) is 11.7. The molecule has 5 aliphatic rings. The number of ether oxygens (including phenoxy) is 1. The highest BCUT2D eigenvalue weighted by atomic mass is 32.1. The molecule has 2 aliphatic carbocycles. The molecule has 0 radical (unpaired) electrons. The molecule has 44 heavy (non-hydrogen) atoms. The molecule has 3 aromatic rings. The van der Waals surface area contributed by atoms with Gasteiger partial charge in [0.25, 0.3) is 0 Å². The van der Waals surface area contributed by atoms with Crippen molar-refractivity contribution in [3.05, 3.63) is 21.9 Å². The lowest BCUT2D eigenvalue weighted by Crippen LogP contribution is -2.43. The van der Waals surface area contributed by atoms with Crippen LogP contribution >= 0.6 is 11.3 Å². The van der Waals surface area contributed by atoms with Crippen LogP contribution in [0.2, 0.25) is 0 Å². The van der Waals surface area contributed by atoms with Gasteiger partial charge in [-0.25, -0.2) is 4.39 Å². The number of hydrogen-bond acceptors (Lipinski definition) is 13. The van der Waals surface area contributed by atoms with Gasteiger partial charge in [0.05, 0.1) is 22.6 Å². The summed E-state index contributed by atoms with van der Waals surface area (Å²) in [7, 11) is 0. The molecule has 14 heteroatoms. The monoisotopic (exact) mass is 621 g/mol. The maximum absolute atomic E-state index is 14.4. The maximum Gasteiger partial charge on any atom is 0.321 e. The fourth-order valence-corrected chi connectivity index (χ4v) is 9.37. The first kappa shape index (κ1) is 28.1. The molecule has 0 aromatic carbocycles. The predicted molar refractivity (Wildman–Crippen MR) is 159 cm³/mol. The van der Waals surface area contributed by atoms with Crippen molar-refractivity contribution in [1.82, 2.24) is 30.0 Å². The van der Waals surface area contributed by atoms with Crippen LogP contribution in [0, 0.1) is 23.2 Å². The third kappa shape index (κ3) is 4.54. The normalized spacial score (nSPS) is 32.9. The van der Waals surface area contributed by atoms with E-state index < -0.39 is 17.7 Å². The van der Waals surface area contributed by atoms with Crippen molar-refractivity contribution in [2.24, 2.45) is 11.8 Å². The van der Waals surface area contributed by atoms with Gasteiger partial charge in [-0.3, -0.25) is 4.90 Å². The van der Waals surface area contributed by atoms with Crippen LogP contribution in [-0.4, -0.2) is 85.7 Å². The lowest BCUT2D eigenvalue weighted by atomic mass is 9.72. The molecule has 8 rings (SSSR count). The first-order valence-electron chi connectivity index (χ1n) is 15.6. The molecular formula is C30H36FN9O3S. The lowest BCUT2D eigenvalue weighted by Gasteiger charge is -2.31. The Bertz CT molecular complexity index is 1640. The smallest absolute Gasteiger partial charge is 0.321 e. The molecule has 0 amide bonds. The van der Waals surface area contributed by atoms with E-state index >= 15 is 0 Å². The molecule has 0 bridgehead atoms. The summed E-state index contributed by atoms with van der Waals surface area (Å²) in [6.45, 7) is 4.70. The standard InChI is InChI=1S/C30H36FN9O3S/c1-29(6-2-4-21-22(29)19(12-32)23(33)44-21)26-34-25(38-43-26)24-35-27(39-9-5-16-10-18(16)20(41)14-39)37-28(36-24)42-15-30-7-3-8-40(30)13-17(31)11-30/h16-18,20,41H,2-11,13-15,33H2,1H3/t16-,17+,18+,20-,29-,30?/m0/s1. The zero-order chi connectivity index (χ0) is 30.2. The highest BCUT2D eigenvalue weighted by molar-refractivity contribution is 7.16. The molecule has 4 fully saturated rings. The summed E-state index contributed by atoms with van der Waals surface area (Å²) in [5.74, 6) is 2.00. The molecule has 232 valence electrons. The zero-order valence-electron chi connectivity index (χ0n) is 24.7. The molecule has 3 aliphatic heterocycles. The SMILES string of the molecule is C[C@]1(c2nc(-c3nc(OCC45CCCN4C[C@H](F)C5)nc(N4CC[C@H]5C[C@H]5[C@@H](O)C4)n3)no2)CCCc2sc(N)c(C#N)c21. The van der Waals surface area contributed by atoms with Crippen molar-refractivity contribution in [3.8, 4) is 23.7 Å². The van der Waals surface area contributed by atoms with Crippen molar-refractivity contribution in [3.63, 3.8) is 0 Å². The van der Waals surface area contributed by atoms with Crippen LogP contribution in [0.3, 0.4) is 0 Å². The molecule has 3 saturated heterocycles. The van der Waals surface area contributed by atoms with Crippen LogP contribution in [0.15, 0.2) is 4.52 Å². The number of alkyl halides is 1. The molecule has 1 saturated carbocycles. The molecule has 0 spiro atoms. The van der Waals surface area contributed by atoms with Gasteiger partial charge in [0.15, 0.2) is 0 Å². The Labute approximate surface area is 258 Å². The molecular weight excluding hydrogens is 585 g/mol. The summed E-state index contributed by atoms with van der Waals surface area (Å²) in [5, 5.41) is 25.5. The number of hydrogen-bond donors (Lipinski definition) is 2. The lowest BCUT2D eigenvalue weighted by molar-refractivity contribution is 0.107. The quantitative estimate of drug-likeness (QED) is 0.414. The number of anilines is 2. The van der Waals surface area contributed by atoms with E-state index in [1.807, 2.05) is 11.8 Å². The molecule has 12 nitrogen and oxygen atoms in total. The number of aryl methyl sites for hydroxylation is 1. The number of aliphatic hydroxyl groups is 1. The van der Waals surface area contributed by atoms with Crippen LogP contribution in [0.1, 0.15) is 73.8 Å². The zero-order valence-corrected chi connectivity index (χ0v) is 25.5. The summed E-state index contributed by atoms with van der Waals surface area (Å²) in [4.78, 5) is 24.1. The van der Waals surface area contributed by atoms with E-state index in [-0.39, 0.29) is 29.8 Å². The Hall–Kier alpha value is -3.41. The molecule has 6 atom stereocenters. The van der Waals surface area contributed by atoms with Gasteiger partial charge in [-0.2, -0.15) is 25.2 Å². The topological polar surface area (TPSA) is 163 Å². The van der Waals surface area contributed by atoms with Gasteiger partial charge in [-0.15, -0.1) is 11.3 Å². The average molecular weight is 622 g/mol. The van der Waals surface area contributed by atoms with Crippen LogP contribution in [0.25, 0.3) is 11.6 Å². The molecule has 3 aromatic heterocycles. The van der Waals surface area contributed by atoms with Crippen LogP contribution in [0.4, 0.5) is 15.3 Å². The number of thiophene rings is 1. The third-order valence-electron chi connectivity index (χ3n) is 10.6.